The standard InChI is InChI=1S/C25H36N4O5S.CH4O3S/c1-16(2)29-23-8-6-5-7-17(23)11-22(25(29)32)24(31)26-18-12-19-9-10-20(13-18)28(19)15-21(30)14-27(3)35(4,33)34;1-5(2,3)4/h5-8,11,16,18-21,30H,9-10,12-15H2,1-4H3,(H,26,31);1H3,(H,2,3,4)/t18?,19-,20+,21?;. The first-order chi connectivity index (χ1) is 18.5. The molecule has 2 aromatic rings. The Morgan fingerprint density at radius 2 is 1.65 bits per heavy atom. The van der Waals surface area contributed by atoms with Crippen LogP contribution in [0.2, 0.25) is 0 Å². The lowest BCUT2D eigenvalue weighted by Crippen LogP contribution is -2.53. The van der Waals surface area contributed by atoms with Gasteiger partial charge in [-0.3, -0.25) is 19.0 Å². The SMILES string of the molecule is CC(C)n1c(=O)c(C(=O)NC2C[C@H]3CC[C@@H](C2)N3CC(O)CN(C)S(C)(=O)=O)cc2ccccc21.CS(=O)(=O)O. The van der Waals surface area contributed by atoms with Crippen molar-refractivity contribution in [2.45, 2.75) is 69.8 Å². The summed E-state index contributed by atoms with van der Waals surface area (Å²) in [5.74, 6) is -0.345. The van der Waals surface area contributed by atoms with Crippen LogP contribution in [0.3, 0.4) is 0 Å². The zero-order chi connectivity index (χ0) is 30.0. The second kappa shape index (κ2) is 12.7. The minimum Gasteiger partial charge on any atom is -0.390 e. The number of carbonyl (C=O) groups is 1. The summed E-state index contributed by atoms with van der Waals surface area (Å²) in [6, 6.07) is 9.57. The van der Waals surface area contributed by atoms with Gasteiger partial charge < -0.3 is 15.0 Å². The molecule has 3 N–H and O–H groups in total. The molecule has 1 aromatic carbocycles. The smallest absolute Gasteiger partial charge is 0.264 e. The molecule has 40 heavy (non-hydrogen) atoms. The third kappa shape index (κ3) is 8.33. The number of aliphatic hydroxyl groups excluding tert-OH is 1. The average molecular weight is 601 g/mol. The number of para-hydroxylation sites is 1. The monoisotopic (exact) mass is 600 g/mol. The van der Waals surface area contributed by atoms with Crippen LogP contribution >= 0.6 is 0 Å². The number of aliphatic hydroxyl groups is 1. The number of hydrogen-bond donors (Lipinski definition) is 3. The van der Waals surface area contributed by atoms with E-state index in [1.807, 2.05) is 38.1 Å². The predicted molar refractivity (Wildman–Crippen MR) is 154 cm³/mol. The van der Waals surface area contributed by atoms with Crippen molar-refractivity contribution >= 4 is 37.0 Å². The fraction of sp³-hybridized carbons (Fsp3) is 0.615. The van der Waals surface area contributed by atoms with Crippen LogP contribution in [0.15, 0.2) is 35.1 Å². The van der Waals surface area contributed by atoms with E-state index in [1.165, 1.54) is 11.4 Å². The van der Waals surface area contributed by atoms with Gasteiger partial charge in [0.1, 0.15) is 5.56 Å². The lowest BCUT2D eigenvalue weighted by molar-refractivity contribution is 0.0448. The summed E-state index contributed by atoms with van der Waals surface area (Å²) in [7, 11) is -5.54. The Hall–Kier alpha value is -2.36. The number of nitrogens with one attached hydrogen (secondary N) is 1. The molecule has 0 radical (unpaired) electrons. The van der Waals surface area contributed by atoms with E-state index >= 15 is 0 Å². The first-order valence-electron chi connectivity index (χ1n) is 13.2. The molecule has 12 nitrogen and oxygen atoms in total. The van der Waals surface area contributed by atoms with E-state index in [1.54, 1.807) is 10.6 Å². The predicted octanol–water partition coefficient (Wildman–Crippen LogP) is 1.06. The zero-order valence-electron chi connectivity index (χ0n) is 23.5. The van der Waals surface area contributed by atoms with Crippen molar-refractivity contribution in [3.8, 4) is 0 Å². The Morgan fingerprint density at radius 1 is 1.10 bits per heavy atom. The van der Waals surface area contributed by atoms with Crippen LogP contribution in [0, 0.1) is 0 Å². The summed E-state index contributed by atoms with van der Waals surface area (Å²) >= 11 is 0. The van der Waals surface area contributed by atoms with E-state index in [4.69, 9.17) is 4.55 Å². The first-order valence-corrected chi connectivity index (χ1v) is 16.9. The summed E-state index contributed by atoms with van der Waals surface area (Å²) in [6.45, 7) is 4.33. The Morgan fingerprint density at radius 3 is 2.17 bits per heavy atom. The van der Waals surface area contributed by atoms with Crippen LogP contribution in [0.4, 0.5) is 0 Å². The molecule has 14 heteroatoms. The first kappa shape index (κ1) is 32.2. The Kier molecular flexibility index (Phi) is 10.2. The highest BCUT2D eigenvalue weighted by atomic mass is 32.2. The fourth-order valence-corrected chi connectivity index (χ4v) is 6.09. The summed E-state index contributed by atoms with van der Waals surface area (Å²) in [4.78, 5) is 28.7. The number of nitrogens with zero attached hydrogens (tertiary/aromatic N) is 3. The van der Waals surface area contributed by atoms with E-state index in [0.29, 0.717) is 12.8 Å². The van der Waals surface area contributed by atoms with Crippen molar-refractivity contribution in [1.29, 1.82) is 0 Å². The Labute approximate surface area is 235 Å². The Bertz CT molecular complexity index is 1470. The third-order valence-electron chi connectivity index (χ3n) is 7.38. The van der Waals surface area contributed by atoms with Crippen molar-refractivity contribution in [3.05, 3.63) is 46.2 Å². The fourth-order valence-electron chi connectivity index (χ4n) is 5.65. The van der Waals surface area contributed by atoms with Crippen LogP contribution in [0.1, 0.15) is 55.9 Å². The molecule has 2 saturated heterocycles. The number of fused-ring (bicyclic) bond motifs is 3. The second-order valence-electron chi connectivity index (χ2n) is 11.0. The van der Waals surface area contributed by atoms with Crippen molar-refractivity contribution < 1.29 is 31.3 Å². The van der Waals surface area contributed by atoms with Crippen LogP contribution in [-0.2, 0) is 20.1 Å². The maximum absolute atomic E-state index is 13.2. The minimum absolute atomic E-state index is 0.0505. The second-order valence-corrected chi connectivity index (χ2v) is 14.6. The van der Waals surface area contributed by atoms with Gasteiger partial charge in [0.15, 0.2) is 0 Å². The van der Waals surface area contributed by atoms with E-state index < -0.39 is 26.2 Å². The average Bonchev–Trinajstić information content (AvgIpc) is 3.03. The number of rotatable bonds is 8. The molecule has 2 fully saturated rings. The van der Waals surface area contributed by atoms with Crippen LogP contribution in [-0.4, -0.2) is 103 Å². The number of benzene rings is 1. The molecule has 1 amide bonds. The van der Waals surface area contributed by atoms with Gasteiger partial charge in [0, 0.05) is 44.3 Å². The molecule has 0 spiro atoms. The molecule has 2 aliphatic heterocycles. The van der Waals surface area contributed by atoms with Gasteiger partial charge in [0.05, 0.1) is 24.1 Å². The van der Waals surface area contributed by atoms with Gasteiger partial charge >= 0.3 is 0 Å². The number of likely N-dealkylation sites (N-methyl/N-ethyl adjacent to an activating group) is 1. The largest absolute Gasteiger partial charge is 0.390 e. The molecule has 1 aromatic heterocycles. The lowest BCUT2D eigenvalue weighted by atomic mass is 9.96. The molecule has 3 heterocycles. The molecular formula is C26H40N4O8S2. The summed E-state index contributed by atoms with van der Waals surface area (Å²) < 4.78 is 52.0. The molecule has 2 aliphatic rings. The van der Waals surface area contributed by atoms with Crippen molar-refractivity contribution in [2.75, 3.05) is 32.6 Å². The Balaban J connectivity index is 0.000000810. The van der Waals surface area contributed by atoms with Gasteiger partial charge in [-0.1, -0.05) is 18.2 Å². The van der Waals surface area contributed by atoms with Gasteiger partial charge in [0.25, 0.3) is 21.6 Å². The molecule has 4 rings (SSSR count). The van der Waals surface area contributed by atoms with Gasteiger partial charge in [-0.05, 0) is 57.0 Å². The van der Waals surface area contributed by atoms with E-state index in [0.717, 1.165) is 42.8 Å². The molecular weight excluding hydrogens is 560 g/mol. The zero-order valence-corrected chi connectivity index (χ0v) is 25.2. The molecule has 0 saturated carbocycles. The molecule has 2 unspecified atom stereocenters. The normalized spacial score (nSPS) is 22.3. The number of sulfonamides is 1. The molecule has 2 bridgehead atoms. The number of amides is 1. The van der Waals surface area contributed by atoms with E-state index in [9.17, 15) is 31.5 Å². The van der Waals surface area contributed by atoms with Crippen LogP contribution < -0.4 is 10.9 Å². The third-order valence-corrected chi connectivity index (χ3v) is 8.66. The molecule has 224 valence electrons. The number of aromatic nitrogens is 1. The highest BCUT2D eigenvalue weighted by molar-refractivity contribution is 7.88. The van der Waals surface area contributed by atoms with Crippen molar-refractivity contribution in [1.82, 2.24) is 19.1 Å². The molecule has 0 aliphatic carbocycles. The number of hydrogen-bond acceptors (Lipinski definition) is 8. The van der Waals surface area contributed by atoms with Gasteiger partial charge in [0.2, 0.25) is 10.0 Å². The van der Waals surface area contributed by atoms with Crippen LogP contribution in [0.5, 0.6) is 0 Å². The highest BCUT2D eigenvalue weighted by Gasteiger charge is 2.42. The maximum atomic E-state index is 13.2. The van der Waals surface area contributed by atoms with Crippen LogP contribution in [0.25, 0.3) is 10.9 Å². The van der Waals surface area contributed by atoms with Gasteiger partial charge in [-0.25, -0.2) is 12.7 Å². The number of carbonyl (C=O) groups excluding carboxylic acids is 1. The van der Waals surface area contributed by atoms with E-state index in [2.05, 4.69) is 10.2 Å². The molecule has 4 atom stereocenters. The highest BCUT2D eigenvalue weighted by Crippen LogP contribution is 2.36. The summed E-state index contributed by atoms with van der Waals surface area (Å²) in [5, 5.41) is 14.5. The summed E-state index contributed by atoms with van der Waals surface area (Å²) in [6.07, 6.45) is 4.49. The quantitative estimate of drug-likeness (QED) is 0.376. The van der Waals surface area contributed by atoms with Crippen molar-refractivity contribution in [2.24, 2.45) is 0 Å². The maximum Gasteiger partial charge on any atom is 0.264 e. The number of pyridine rings is 1. The topological polar surface area (TPSA) is 166 Å². The van der Waals surface area contributed by atoms with E-state index in [-0.39, 0.29) is 47.7 Å². The number of piperidine rings is 1. The summed E-state index contributed by atoms with van der Waals surface area (Å²) in [5.41, 5.74) is 0.691. The minimum atomic E-state index is -3.67. The van der Waals surface area contributed by atoms with Gasteiger partial charge in [-0.15, -0.1) is 0 Å². The lowest BCUT2D eigenvalue weighted by Gasteiger charge is -2.40. The van der Waals surface area contributed by atoms with Crippen molar-refractivity contribution in [3.63, 3.8) is 0 Å². The van der Waals surface area contributed by atoms with Gasteiger partial charge in [-0.2, -0.15) is 8.42 Å².